The Morgan fingerprint density at radius 1 is 1.60 bits per heavy atom. The van der Waals surface area contributed by atoms with Crippen molar-refractivity contribution in [1.82, 2.24) is 0 Å². The van der Waals surface area contributed by atoms with Gasteiger partial charge in [0.05, 0.1) is 12.9 Å². The average Bonchev–Trinajstić information content (AvgIpc) is 2.31. The largest absolute Gasteiger partial charge is 0.493 e. The van der Waals surface area contributed by atoms with E-state index in [1.54, 1.807) is 0 Å². The van der Waals surface area contributed by atoms with Gasteiger partial charge >= 0.3 is 0 Å². The first-order valence-corrected chi connectivity index (χ1v) is 3.03. The van der Waals surface area contributed by atoms with Crippen molar-refractivity contribution in [2.75, 3.05) is 13.4 Å². The van der Waals surface area contributed by atoms with Gasteiger partial charge < -0.3 is 19.7 Å². The first-order chi connectivity index (χ1) is 4.84. The predicted molar refractivity (Wildman–Crippen MR) is 33.1 cm³/mol. The molecule has 0 aromatic heterocycles. The van der Waals surface area contributed by atoms with Crippen LogP contribution in [0.1, 0.15) is 0 Å². The van der Waals surface area contributed by atoms with Crippen molar-refractivity contribution in [2.45, 2.75) is 12.2 Å². The Labute approximate surface area is 58.7 Å². The van der Waals surface area contributed by atoms with Crippen LogP contribution in [0.4, 0.5) is 0 Å². The lowest BCUT2D eigenvalue weighted by Gasteiger charge is -2.12. The first-order valence-electron chi connectivity index (χ1n) is 3.03. The van der Waals surface area contributed by atoms with Crippen molar-refractivity contribution in [3.63, 3.8) is 0 Å². The van der Waals surface area contributed by atoms with E-state index >= 15 is 0 Å². The first kappa shape index (κ1) is 7.53. The van der Waals surface area contributed by atoms with Crippen molar-refractivity contribution in [3.8, 4) is 0 Å². The lowest BCUT2D eigenvalue weighted by Crippen LogP contribution is -2.26. The third-order valence-electron chi connectivity index (χ3n) is 1.28. The number of ether oxygens (including phenoxy) is 2. The minimum atomic E-state index is -0.605. The normalized spacial score (nSPS) is 30.6. The van der Waals surface area contributed by atoms with Gasteiger partial charge in [0.25, 0.3) is 0 Å². The summed E-state index contributed by atoms with van der Waals surface area (Å²) in [5.41, 5.74) is 0. The van der Waals surface area contributed by atoms with Gasteiger partial charge in [-0.15, -0.1) is 0 Å². The highest BCUT2D eigenvalue weighted by molar-refractivity contribution is 4.95. The molecule has 0 spiro atoms. The molecule has 1 rings (SSSR count). The van der Waals surface area contributed by atoms with Crippen LogP contribution in [0.5, 0.6) is 0 Å². The molecule has 10 heavy (non-hydrogen) atoms. The molecule has 0 bridgehead atoms. The van der Waals surface area contributed by atoms with Gasteiger partial charge in [-0.05, 0) is 6.08 Å². The molecule has 0 amide bonds. The maximum absolute atomic E-state index is 9.04. The third-order valence-corrected chi connectivity index (χ3v) is 1.28. The Morgan fingerprint density at radius 2 is 2.40 bits per heavy atom. The second-order valence-corrected chi connectivity index (χ2v) is 1.99. The minimum absolute atomic E-state index is 0.213. The van der Waals surface area contributed by atoms with Crippen LogP contribution in [0.25, 0.3) is 0 Å². The van der Waals surface area contributed by atoms with Crippen LogP contribution in [-0.2, 0) is 9.47 Å². The van der Waals surface area contributed by atoms with E-state index in [4.69, 9.17) is 14.9 Å². The Bertz CT molecular complexity index is 123. The monoisotopic (exact) mass is 146 g/mol. The van der Waals surface area contributed by atoms with E-state index in [2.05, 4.69) is 4.74 Å². The Balaban J connectivity index is 2.17. The van der Waals surface area contributed by atoms with Gasteiger partial charge in [-0.25, -0.2) is 0 Å². The second-order valence-electron chi connectivity index (χ2n) is 1.99. The number of aliphatic hydroxyl groups excluding tert-OH is 2. The van der Waals surface area contributed by atoms with Crippen LogP contribution in [0.2, 0.25) is 0 Å². The highest BCUT2D eigenvalue weighted by Gasteiger charge is 2.21. The lowest BCUT2D eigenvalue weighted by atomic mass is 10.2. The highest BCUT2D eigenvalue weighted by Crippen LogP contribution is 2.09. The van der Waals surface area contributed by atoms with Crippen LogP contribution in [0, 0.1) is 0 Å². The van der Waals surface area contributed by atoms with Crippen LogP contribution in [0.3, 0.4) is 0 Å². The summed E-state index contributed by atoms with van der Waals surface area (Å²) in [5, 5.41) is 17.3. The molecule has 1 heterocycles. The molecule has 0 radical (unpaired) electrons. The van der Waals surface area contributed by atoms with E-state index in [0.717, 1.165) is 0 Å². The molecular formula is C6H10O4. The molecule has 2 unspecified atom stereocenters. The Kier molecular flexibility index (Phi) is 2.68. The fourth-order valence-electron chi connectivity index (χ4n) is 0.738. The predicted octanol–water partition coefficient (Wildman–Crippen LogP) is -0.774. The molecular weight excluding hydrogens is 136 g/mol. The lowest BCUT2D eigenvalue weighted by molar-refractivity contribution is -0.0613. The van der Waals surface area contributed by atoms with Crippen molar-refractivity contribution < 1.29 is 19.7 Å². The summed E-state index contributed by atoms with van der Waals surface area (Å²) in [5.74, 6) is 0. The maximum Gasteiger partial charge on any atom is 0.151 e. The molecule has 0 fully saturated rings. The van der Waals surface area contributed by atoms with Crippen LogP contribution < -0.4 is 0 Å². The second kappa shape index (κ2) is 3.55. The summed E-state index contributed by atoms with van der Waals surface area (Å²) in [7, 11) is 0. The van der Waals surface area contributed by atoms with Crippen LogP contribution in [-0.4, -0.2) is 35.8 Å². The summed E-state index contributed by atoms with van der Waals surface area (Å²) >= 11 is 0. The molecule has 0 saturated carbocycles. The van der Waals surface area contributed by atoms with E-state index in [0.29, 0.717) is 0 Å². The number of hydrogen-bond acceptors (Lipinski definition) is 4. The van der Waals surface area contributed by atoms with Gasteiger partial charge in [0.15, 0.2) is 6.10 Å². The molecule has 1 aliphatic heterocycles. The molecule has 0 saturated heterocycles. The van der Waals surface area contributed by atoms with Gasteiger partial charge in [-0.1, -0.05) is 0 Å². The van der Waals surface area contributed by atoms with E-state index in [1.165, 1.54) is 12.3 Å². The fraction of sp³-hybridized carbons (Fsp3) is 0.667. The molecule has 0 aromatic carbocycles. The van der Waals surface area contributed by atoms with E-state index in [-0.39, 0.29) is 19.5 Å². The summed E-state index contributed by atoms with van der Waals surface area (Å²) in [6, 6.07) is 0. The van der Waals surface area contributed by atoms with Crippen molar-refractivity contribution in [1.29, 1.82) is 0 Å². The van der Waals surface area contributed by atoms with Gasteiger partial charge in [-0.2, -0.15) is 0 Å². The number of rotatable bonds is 3. The number of hydrogen-bond donors (Lipinski definition) is 2. The fourth-order valence-corrected chi connectivity index (χ4v) is 0.738. The van der Waals surface area contributed by atoms with Crippen molar-refractivity contribution >= 4 is 0 Å². The summed E-state index contributed by atoms with van der Waals surface area (Å²) < 4.78 is 9.52. The summed E-state index contributed by atoms with van der Waals surface area (Å²) in [6.07, 6.45) is 2.00. The zero-order chi connectivity index (χ0) is 7.40. The number of aliphatic hydroxyl groups is 2. The smallest absolute Gasteiger partial charge is 0.151 e. The molecule has 2 N–H and O–H groups in total. The van der Waals surface area contributed by atoms with E-state index in [9.17, 15) is 0 Å². The average molecular weight is 146 g/mol. The summed E-state index contributed by atoms with van der Waals surface area (Å²) in [6.45, 7) is -0.128. The molecule has 0 aliphatic carbocycles. The summed E-state index contributed by atoms with van der Waals surface area (Å²) in [4.78, 5) is 0. The molecule has 2 atom stereocenters. The van der Waals surface area contributed by atoms with Crippen LogP contribution in [0.15, 0.2) is 12.3 Å². The third kappa shape index (κ3) is 1.70. The molecule has 58 valence electrons. The maximum atomic E-state index is 9.04. The van der Waals surface area contributed by atoms with E-state index < -0.39 is 6.10 Å². The topological polar surface area (TPSA) is 58.9 Å². The van der Waals surface area contributed by atoms with Gasteiger partial charge in [0.2, 0.25) is 0 Å². The van der Waals surface area contributed by atoms with Gasteiger partial charge in [0.1, 0.15) is 12.9 Å². The SMILES string of the molecule is OCOCC1OC=CC1O. The van der Waals surface area contributed by atoms with Crippen molar-refractivity contribution in [3.05, 3.63) is 12.3 Å². The highest BCUT2D eigenvalue weighted by atomic mass is 16.6. The standard InChI is InChI=1S/C6H10O4/c7-4-9-3-6-5(8)1-2-10-6/h1-2,5-8H,3-4H2. The van der Waals surface area contributed by atoms with Crippen molar-refractivity contribution in [2.24, 2.45) is 0 Å². The van der Waals surface area contributed by atoms with E-state index in [1.807, 2.05) is 0 Å². The van der Waals surface area contributed by atoms with Crippen LogP contribution >= 0.6 is 0 Å². The quantitative estimate of drug-likeness (QED) is 0.513. The molecule has 4 nitrogen and oxygen atoms in total. The zero-order valence-electron chi connectivity index (χ0n) is 5.43. The van der Waals surface area contributed by atoms with Gasteiger partial charge in [-0.3, -0.25) is 0 Å². The molecule has 0 aromatic rings. The zero-order valence-corrected chi connectivity index (χ0v) is 5.43. The molecule has 1 aliphatic rings. The Morgan fingerprint density at radius 3 is 2.90 bits per heavy atom. The van der Waals surface area contributed by atoms with Gasteiger partial charge in [0, 0.05) is 0 Å². The minimum Gasteiger partial charge on any atom is -0.493 e. The Hall–Kier alpha value is -0.580. The molecule has 4 heteroatoms.